The Kier molecular flexibility index (Phi) is 3.68. The molecule has 0 aromatic heterocycles. The van der Waals surface area contributed by atoms with Crippen LogP contribution >= 0.6 is 0 Å². The van der Waals surface area contributed by atoms with E-state index in [0.29, 0.717) is 17.8 Å². The predicted molar refractivity (Wildman–Crippen MR) is 83.8 cm³/mol. The second-order valence-corrected chi connectivity index (χ2v) is 6.81. The van der Waals surface area contributed by atoms with Crippen LogP contribution in [0.3, 0.4) is 0 Å². The monoisotopic (exact) mass is 302 g/mol. The van der Waals surface area contributed by atoms with Crippen LogP contribution in [0.2, 0.25) is 0 Å². The normalized spacial score (nSPS) is 25.7. The first kappa shape index (κ1) is 15.0. The number of carbonyl (C=O) groups excluding carboxylic acids is 2. The van der Waals surface area contributed by atoms with E-state index in [4.69, 9.17) is 0 Å². The van der Waals surface area contributed by atoms with E-state index in [9.17, 15) is 14.7 Å². The molecule has 2 aliphatic rings. The first-order chi connectivity index (χ1) is 10.4. The van der Waals surface area contributed by atoms with Crippen LogP contribution in [-0.2, 0) is 10.2 Å². The summed E-state index contributed by atoms with van der Waals surface area (Å²) in [6, 6.07) is 5.32. The van der Waals surface area contributed by atoms with Crippen LogP contribution in [0, 0.1) is 5.92 Å². The summed E-state index contributed by atoms with van der Waals surface area (Å²) in [4.78, 5) is 24.2. The molecule has 2 amide bonds. The van der Waals surface area contributed by atoms with E-state index in [2.05, 4.69) is 10.6 Å². The molecule has 0 spiro atoms. The van der Waals surface area contributed by atoms with Crippen LogP contribution in [0.25, 0.3) is 0 Å². The van der Waals surface area contributed by atoms with Crippen LogP contribution in [0.15, 0.2) is 18.2 Å². The summed E-state index contributed by atoms with van der Waals surface area (Å²) in [5, 5.41) is 15.5. The SMILES string of the molecule is CC1(C)C(=O)Nc2cc(C(=O)NC[C@H]3CCC[C@@H]3O)ccc21. The lowest BCUT2D eigenvalue weighted by molar-refractivity contribution is -0.119. The minimum atomic E-state index is -0.557. The van der Waals surface area contributed by atoms with Gasteiger partial charge in [-0.15, -0.1) is 0 Å². The Hall–Kier alpha value is -1.88. The van der Waals surface area contributed by atoms with Crippen molar-refractivity contribution in [1.29, 1.82) is 0 Å². The molecule has 1 aliphatic carbocycles. The molecule has 3 rings (SSSR count). The number of hydrogen-bond acceptors (Lipinski definition) is 3. The van der Waals surface area contributed by atoms with Crippen LogP contribution in [-0.4, -0.2) is 29.6 Å². The third kappa shape index (κ3) is 2.50. The van der Waals surface area contributed by atoms with Gasteiger partial charge in [0, 0.05) is 23.7 Å². The molecule has 0 radical (unpaired) electrons. The Morgan fingerprint density at radius 2 is 2.18 bits per heavy atom. The Morgan fingerprint density at radius 1 is 1.41 bits per heavy atom. The van der Waals surface area contributed by atoms with Gasteiger partial charge in [-0.1, -0.05) is 12.5 Å². The first-order valence-corrected chi connectivity index (χ1v) is 7.82. The smallest absolute Gasteiger partial charge is 0.251 e. The van der Waals surface area contributed by atoms with Gasteiger partial charge in [0.05, 0.1) is 11.5 Å². The topological polar surface area (TPSA) is 78.4 Å². The highest BCUT2D eigenvalue weighted by Gasteiger charge is 2.38. The number of anilines is 1. The van der Waals surface area contributed by atoms with Gasteiger partial charge in [0.2, 0.25) is 5.91 Å². The molecule has 22 heavy (non-hydrogen) atoms. The number of amides is 2. The van der Waals surface area contributed by atoms with Crippen molar-refractivity contribution in [1.82, 2.24) is 5.32 Å². The number of hydrogen-bond donors (Lipinski definition) is 3. The molecule has 0 bridgehead atoms. The largest absolute Gasteiger partial charge is 0.393 e. The predicted octanol–water partition coefficient (Wildman–Crippen LogP) is 1.81. The standard InChI is InChI=1S/C17H22N2O3/c1-17(2)12-7-6-10(8-13(12)19-16(17)22)15(21)18-9-11-4-3-5-14(11)20/h6-8,11,14,20H,3-5,9H2,1-2H3,(H,18,21)(H,19,22)/t11-,14+/m1/s1. The van der Waals surface area contributed by atoms with Crippen molar-refractivity contribution in [3.8, 4) is 0 Å². The molecule has 5 nitrogen and oxygen atoms in total. The van der Waals surface area contributed by atoms with Gasteiger partial charge in [-0.25, -0.2) is 0 Å². The van der Waals surface area contributed by atoms with Crippen molar-refractivity contribution in [3.63, 3.8) is 0 Å². The van der Waals surface area contributed by atoms with Crippen LogP contribution < -0.4 is 10.6 Å². The van der Waals surface area contributed by atoms with Gasteiger partial charge >= 0.3 is 0 Å². The fraction of sp³-hybridized carbons (Fsp3) is 0.529. The molecule has 1 fully saturated rings. The van der Waals surface area contributed by atoms with Crippen LogP contribution in [0.4, 0.5) is 5.69 Å². The average molecular weight is 302 g/mol. The number of aliphatic hydroxyl groups is 1. The zero-order valence-corrected chi connectivity index (χ0v) is 13.0. The van der Waals surface area contributed by atoms with E-state index >= 15 is 0 Å². The maximum Gasteiger partial charge on any atom is 0.251 e. The van der Waals surface area contributed by atoms with Gasteiger partial charge < -0.3 is 15.7 Å². The Balaban J connectivity index is 1.70. The summed E-state index contributed by atoms with van der Waals surface area (Å²) in [7, 11) is 0. The Morgan fingerprint density at radius 3 is 2.86 bits per heavy atom. The summed E-state index contributed by atoms with van der Waals surface area (Å²) < 4.78 is 0. The molecule has 1 aromatic rings. The maximum absolute atomic E-state index is 12.2. The highest BCUT2D eigenvalue weighted by molar-refractivity contribution is 6.07. The van der Waals surface area contributed by atoms with E-state index in [-0.39, 0.29) is 23.8 Å². The summed E-state index contributed by atoms with van der Waals surface area (Å²) in [6.45, 7) is 4.24. The van der Waals surface area contributed by atoms with E-state index in [1.165, 1.54) is 0 Å². The summed E-state index contributed by atoms with van der Waals surface area (Å²) >= 11 is 0. The minimum Gasteiger partial charge on any atom is -0.393 e. The zero-order valence-electron chi connectivity index (χ0n) is 13.0. The summed E-state index contributed by atoms with van der Waals surface area (Å²) in [5.41, 5.74) is 1.60. The molecule has 1 heterocycles. The van der Waals surface area contributed by atoms with Gasteiger partial charge in [0.25, 0.3) is 5.91 Å². The van der Waals surface area contributed by atoms with E-state index in [0.717, 1.165) is 24.8 Å². The second kappa shape index (κ2) is 5.39. The molecule has 0 saturated heterocycles. The highest BCUT2D eigenvalue weighted by atomic mass is 16.3. The molecule has 5 heteroatoms. The van der Waals surface area contributed by atoms with Crippen molar-refractivity contribution < 1.29 is 14.7 Å². The molecule has 3 N–H and O–H groups in total. The molecule has 118 valence electrons. The van der Waals surface area contributed by atoms with Crippen LogP contribution in [0.1, 0.15) is 49.0 Å². The first-order valence-electron chi connectivity index (χ1n) is 7.82. The van der Waals surface area contributed by atoms with Crippen LogP contribution in [0.5, 0.6) is 0 Å². The number of fused-ring (bicyclic) bond motifs is 1. The second-order valence-electron chi connectivity index (χ2n) is 6.81. The summed E-state index contributed by atoms with van der Waals surface area (Å²) in [5.74, 6) is -0.0630. The quantitative estimate of drug-likeness (QED) is 0.797. The van der Waals surface area contributed by atoms with Gasteiger partial charge in [-0.05, 0) is 44.4 Å². The van der Waals surface area contributed by atoms with Crippen molar-refractivity contribution in [2.75, 3.05) is 11.9 Å². The molecule has 1 aliphatic heterocycles. The maximum atomic E-state index is 12.2. The summed E-state index contributed by atoms with van der Waals surface area (Å²) in [6.07, 6.45) is 2.48. The Bertz CT molecular complexity index is 624. The number of benzene rings is 1. The zero-order chi connectivity index (χ0) is 15.9. The van der Waals surface area contributed by atoms with E-state index in [1.54, 1.807) is 12.1 Å². The third-order valence-corrected chi connectivity index (χ3v) is 4.91. The lowest BCUT2D eigenvalue weighted by Gasteiger charge is -2.16. The van der Waals surface area contributed by atoms with E-state index < -0.39 is 5.41 Å². The van der Waals surface area contributed by atoms with E-state index in [1.807, 2.05) is 19.9 Å². The lowest BCUT2D eigenvalue weighted by Crippen LogP contribution is -2.32. The van der Waals surface area contributed by atoms with Gasteiger partial charge in [-0.3, -0.25) is 9.59 Å². The average Bonchev–Trinajstić information content (AvgIpc) is 2.98. The van der Waals surface area contributed by atoms with Gasteiger partial charge in [0.1, 0.15) is 0 Å². The number of aliphatic hydroxyl groups excluding tert-OH is 1. The molecular formula is C17H22N2O3. The third-order valence-electron chi connectivity index (χ3n) is 4.91. The molecular weight excluding hydrogens is 280 g/mol. The Labute approximate surface area is 130 Å². The highest BCUT2D eigenvalue weighted by Crippen LogP contribution is 2.37. The fourth-order valence-electron chi connectivity index (χ4n) is 3.32. The van der Waals surface area contributed by atoms with Crippen molar-refractivity contribution in [2.24, 2.45) is 5.92 Å². The van der Waals surface area contributed by atoms with Gasteiger partial charge in [-0.2, -0.15) is 0 Å². The lowest BCUT2D eigenvalue weighted by atomic mass is 9.86. The number of carbonyl (C=O) groups is 2. The fourth-order valence-corrected chi connectivity index (χ4v) is 3.32. The number of rotatable bonds is 3. The molecule has 1 aromatic carbocycles. The molecule has 0 unspecified atom stereocenters. The molecule has 1 saturated carbocycles. The van der Waals surface area contributed by atoms with Gasteiger partial charge in [0.15, 0.2) is 0 Å². The number of nitrogens with one attached hydrogen (secondary N) is 2. The van der Waals surface area contributed by atoms with Crippen molar-refractivity contribution in [2.45, 2.75) is 44.6 Å². The minimum absolute atomic E-state index is 0.0471. The van der Waals surface area contributed by atoms with Crippen molar-refractivity contribution >= 4 is 17.5 Å². The molecule has 2 atom stereocenters. The van der Waals surface area contributed by atoms with Crippen molar-refractivity contribution in [3.05, 3.63) is 29.3 Å².